The second-order valence-electron chi connectivity index (χ2n) is 2.45. The van der Waals surface area contributed by atoms with E-state index < -0.39 is 5.72 Å². The van der Waals surface area contributed by atoms with Crippen LogP contribution in [-0.2, 0) is 9.47 Å². The van der Waals surface area contributed by atoms with Gasteiger partial charge in [0.05, 0.1) is 12.4 Å². The lowest BCUT2D eigenvalue weighted by atomic mass is 10.3. The van der Waals surface area contributed by atoms with E-state index in [0.717, 1.165) is 10.1 Å². The van der Waals surface area contributed by atoms with Gasteiger partial charge in [-0.25, -0.2) is 4.99 Å². The molecule has 0 N–H and O–H groups in total. The molecular weight excluding hydrogens is 194 g/mol. The molecule has 1 aliphatic rings. The number of methoxy groups -OCH3 is 2. The van der Waals surface area contributed by atoms with Gasteiger partial charge in [-0.05, 0) is 6.26 Å². The highest BCUT2D eigenvalue weighted by Gasteiger charge is 2.35. The quantitative estimate of drug-likeness (QED) is 0.700. The molecule has 0 aromatic heterocycles. The van der Waals surface area contributed by atoms with Gasteiger partial charge in [-0.1, -0.05) is 11.8 Å². The number of aliphatic imine (C=N–C) groups is 1. The second kappa shape index (κ2) is 4.50. The Hall–Kier alpha value is 0.290. The lowest BCUT2D eigenvalue weighted by molar-refractivity contribution is -0.0385. The lowest BCUT2D eigenvalue weighted by Crippen LogP contribution is -2.34. The highest BCUT2D eigenvalue weighted by molar-refractivity contribution is 8.38. The maximum atomic E-state index is 5.32. The van der Waals surface area contributed by atoms with Crippen molar-refractivity contribution < 1.29 is 9.47 Å². The van der Waals surface area contributed by atoms with Crippen LogP contribution in [0.25, 0.3) is 0 Å². The summed E-state index contributed by atoms with van der Waals surface area (Å²) in [6, 6.07) is 0. The molecule has 0 amide bonds. The molecule has 0 radical (unpaired) electrons. The Morgan fingerprint density at radius 1 is 1.67 bits per heavy atom. The fourth-order valence-corrected chi connectivity index (χ4v) is 2.72. The van der Waals surface area contributed by atoms with Gasteiger partial charge in [0.1, 0.15) is 4.38 Å². The molecular formula is C7H13NO2S2. The minimum Gasteiger partial charge on any atom is -0.380 e. The summed E-state index contributed by atoms with van der Waals surface area (Å²) in [5.41, 5.74) is -0.433. The molecule has 0 aliphatic carbocycles. The summed E-state index contributed by atoms with van der Waals surface area (Å²) in [4.78, 5) is 4.44. The van der Waals surface area contributed by atoms with Crippen molar-refractivity contribution in [1.82, 2.24) is 0 Å². The summed E-state index contributed by atoms with van der Waals surface area (Å²) in [7, 11) is 3.34. The largest absolute Gasteiger partial charge is 0.380 e. The van der Waals surface area contributed by atoms with E-state index in [1.165, 1.54) is 0 Å². The van der Waals surface area contributed by atoms with Crippen LogP contribution in [0.1, 0.15) is 0 Å². The summed E-state index contributed by atoms with van der Waals surface area (Å²) in [6.07, 6.45) is 2.02. The Kier molecular flexibility index (Phi) is 3.89. The first-order valence-corrected chi connectivity index (χ1v) is 5.78. The molecule has 0 saturated carbocycles. The average molecular weight is 207 g/mol. The summed E-state index contributed by atoms with van der Waals surface area (Å²) in [5, 5.41) is 0. The van der Waals surface area contributed by atoms with Gasteiger partial charge in [-0.15, -0.1) is 11.8 Å². The second-order valence-corrected chi connectivity index (χ2v) is 4.47. The van der Waals surface area contributed by atoms with Crippen molar-refractivity contribution in [3.63, 3.8) is 0 Å². The van der Waals surface area contributed by atoms with Gasteiger partial charge in [0.2, 0.25) is 0 Å². The van der Waals surface area contributed by atoms with Crippen LogP contribution in [0.3, 0.4) is 0 Å². The molecule has 1 heterocycles. The summed E-state index contributed by atoms with van der Waals surface area (Å²) in [5.74, 6) is 0.855. The highest BCUT2D eigenvalue weighted by Crippen LogP contribution is 2.32. The fraction of sp³-hybridized carbons (Fsp3) is 0.857. The van der Waals surface area contributed by atoms with E-state index in [1.54, 1.807) is 37.7 Å². The van der Waals surface area contributed by atoms with Crippen molar-refractivity contribution in [3.8, 4) is 0 Å². The van der Waals surface area contributed by atoms with Gasteiger partial charge >= 0.3 is 0 Å². The lowest BCUT2D eigenvalue weighted by Gasteiger charge is -2.21. The normalized spacial score (nSPS) is 29.1. The molecule has 0 aromatic rings. The molecule has 0 bridgehead atoms. The minimum absolute atomic E-state index is 0.433. The monoisotopic (exact) mass is 207 g/mol. The molecule has 1 rings (SSSR count). The smallest absolute Gasteiger partial charge is 0.193 e. The van der Waals surface area contributed by atoms with Crippen LogP contribution in [0, 0.1) is 0 Å². The Morgan fingerprint density at radius 3 is 2.83 bits per heavy atom. The number of nitrogens with zero attached hydrogens (tertiary/aromatic N) is 1. The van der Waals surface area contributed by atoms with Crippen molar-refractivity contribution in [2.24, 2.45) is 4.99 Å². The molecule has 1 atom stereocenters. The van der Waals surface area contributed by atoms with Crippen molar-refractivity contribution >= 4 is 27.9 Å². The van der Waals surface area contributed by atoms with Crippen molar-refractivity contribution in [1.29, 1.82) is 0 Å². The van der Waals surface area contributed by atoms with Crippen LogP contribution >= 0.6 is 23.5 Å². The third-order valence-electron chi connectivity index (χ3n) is 1.64. The number of hydrogen-bond donors (Lipinski definition) is 0. The highest BCUT2D eigenvalue weighted by atomic mass is 32.2. The van der Waals surface area contributed by atoms with E-state index in [9.17, 15) is 0 Å². The molecule has 12 heavy (non-hydrogen) atoms. The first-order chi connectivity index (χ1) is 5.76. The first kappa shape index (κ1) is 10.4. The van der Waals surface area contributed by atoms with Crippen LogP contribution < -0.4 is 0 Å². The van der Waals surface area contributed by atoms with Crippen LogP contribution in [0.5, 0.6) is 0 Å². The molecule has 0 unspecified atom stereocenters. The van der Waals surface area contributed by atoms with E-state index in [1.807, 2.05) is 6.26 Å². The summed E-state index contributed by atoms with van der Waals surface area (Å²) in [6.45, 7) is 0.528. The zero-order valence-electron chi connectivity index (χ0n) is 7.49. The fourth-order valence-electron chi connectivity index (χ4n) is 0.973. The summed E-state index contributed by atoms with van der Waals surface area (Å²) < 4.78 is 11.5. The molecule has 0 aromatic carbocycles. The predicted octanol–water partition coefficient (Wildman–Crippen LogP) is 1.44. The molecule has 3 nitrogen and oxygen atoms in total. The predicted molar refractivity (Wildman–Crippen MR) is 55.0 cm³/mol. The summed E-state index contributed by atoms with van der Waals surface area (Å²) >= 11 is 3.38. The molecule has 0 saturated heterocycles. The number of hydrogen-bond acceptors (Lipinski definition) is 5. The van der Waals surface area contributed by atoms with Gasteiger partial charge in [0.15, 0.2) is 5.72 Å². The van der Waals surface area contributed by atoms with E-state index in [2.05, 4.69) is 4.99 Å². The van der Waals surface area contributed by atoms with E-state index in [-0.39, 0.29) is 0 Å². The average Bonchev–Trinajstić information content (AvgIpc) is 2.50. The maximum absolute atomic E-state index is 5.32. The Balaban J connectivity index is 2.63. The van der Waals surface area contributed by atoms with Crippen molar-refractivity contribution in [2.75, 3.05) is 32.8 Å². The van der Waals surface area contributed by atoms with Crippen LogP contribution in [0.2, 0.25) is 0 Å². The van der Waals surface area contributed by atoms with Crippen molar-refractivity contribution in [3.05, 3.63) is 0 Å². The van der Waals surface area contributed by atoms with Gasteiger partial charge in [-0.3, -0.25) is 0 Å². The van der Waals surface area contributed by atoms with E-state index in [0.29, 0.717) is 6.61 Å². The zero-order valence-corrected chi connectivity index (χ0v) is 9.13. The topological polar surface area (TPSA) is 30.8 Å². The first-order valence-electron chi connectivity index (χ1n) is 3.57. The van der Waals surface area contributed by atoms with Crippen LogP contribution in [0.4, 0.5) is 0 Å². The third kappa shape index (κ3) is 2.16. The third-order valence-corrected chi connectivity index (χ3v) is 3.87. The molecule has 1 aliphatic heterocycles. The van der Waals surface area contributed by atoms with Gasteiger partial charge in [0, 0.05) is 14.2 Å². The Bertz CT molecular complexity index is 186. The maximum Gasteiger partial charge on any atom is 0.193 e. The van der Waals surface area contributed by atoms with Crippen LogP contribution in [0.15, 0.2) is 4.99 Å². The van der Waals surface area contributed by atoms with Crippen LogP contribution in [-0.4, -0.2) is 42.9 Å². The standard InChI is InChI=1S/C7H13NO2S2/c1-9-4-7(10-2)5-12-6(8-7)11-3/h4-5H2,1-3H3/t7-/m1/s1. The van der Waals surface area contributed by atoms with Crippen molar-refractivity contribution in [2.45, 2.75) is 5.72 Å². The van der Waals surface area contributed by atoms with E-state index >= 15 is 0 Å². The SMILES string of the molecule is COC[C@@]1(OC)CSC(SC)=N1. The number of thioether (sulfide) groups is 2. The molecule has 5 heteroatoms. The zero-order chi connectivity index (χ0) is 9.03. The van der Waals surface area contributed by atoms with Gasteiger partial charge in [-0.2, -0.15) is 0 Å². The molecule has 0 fully saturated rings. The Morgan fingerprint density at radius 2 is 2.42 bits per heavy atom. The molecule has 70 valence electrons. The van der Waals surface area contributed by atoms with E-state index in [4.69, 9.17) is 9.47 Å². The Labute approximate surface area is 81.3 Å². The molecule has 0 spiro atoms. The van der Waals surface area contributed by atoms with Gasteiger partial charge < -0.3 is 9.47 Å². The van der Waals surface area contributed by atoms with Gasteiger partial charge in [0.25, 0.3) is 0 Å². The number of rotatable bonds is 3. The number of ether oxygens (including phenoxy) is 2. The minimum atomic E-state index is -0.433.